The largest absolute Gasteiger partial charge is 0.460 e. The molecule has 25 heavy (non-hydrogen) atoms. The molecule has 0 unspecified atom stereocenters. The summed E-state index contributed by atoms with van der Waals surface area (Å²) in [5.74, 6) is -0.553. The van der Waals surface area contributed by atoms with Crippen molar-refractivity contribution < 1.29 is 36.4 Å². The SMILES string of the molecule is COCCOCCOCCOC(=O)c1cccc(NOS(C)(=O)=O)c1. The number of esters is 1. The number of methoxy groups -OCH3 is 1. The van der Waals surface area contributed by atoms with Crippen molar-refractivity contribution in [2.45, 2.75) is 0 Å². The molecular formula is C15H23NO8S. The van der Waals surface area contributed by atoms with Gasteiger partial charge in [0.25, 0.3) is 10.1 Å². The Bertz CT molecular complexity index is 620. The van der Waals surface area contributed by atoms with Gasteiger partial charge < -0.3 is 18.9 Å². The maximum absolute atomic E-state index is 11.9. The van der Waals surface area contributed by atoms with Gasteiger partial charge in [-0.2, -0.15) is 12.7 Å². The van der Waals surface area contributed by atoms with E-state index in [1.165, 1.54) is 6.07 Å². The van der Waals surface area contributed by atoms with Crippen LogP contribution in [0.15, 0.2) is 24.3 Å². The fraction of sp³-hybridized carbons (Fsp3) is 0.533. The van der Waals surface area contributed by atoms with Crippen molar-refractivity contribution in [1.82, 2.24) is 0 Å². The predicted octanol–water partition coefficient (Wildman–Crippen LogP) is 0.826. The van der Waals surface area contributed by atoms with E-state index < -0.39 is 16.1 Å². The molecule has 1 rings (SSSR count). The molecule has 0 amide bonds. The number of hydrogen-bond donors (Lipinski definition) is 1. The molecule has 1 aromatic carbocycles. The number of anilines is 1. The summed E-state index contributed by atoms with van der Waals surface area (Å²) in [7, 11) is -2.05. The summed E-state index contributed by atoms with van der Waals surface area (Å²) in [6, 6.07) is 6.07. The topological polar surface area (TPSA) is 109 Å². The second-order valence-corrected chi connectivity index (χ2v) is 6.40. The van der Waals surface area contributed by atoms with Gasteiger partial charge in [-0.25, -0.2) is 10.3 Å². The van der Waals surface area contributed by atoms with Crippen molar-refractivity contribution in [3.05, 3.63) is 29.8 Å². The normalized spacial score (nSPS) is 11.3. The predicted molar refractivity (Wildman–Crippen MR) is 89.8 cm³/mol. The highest BCUT2D eigenvalue weighted by atomic mass is 32.2. The molecule has 0 spiro atoms. The third-order valence-electron chi connectivity index (χ3n) is 2.67. The number of rotatable bonds is 13. The Morgan fingerprint density at radius 3 is 2.32 bits per heavy atom. The fourth-order valence-electron chi connectivity index (χ4n) is 1.57. The van der Waals surface area contributed by atoms with Gasteiger partial charge in [0.05, 0.1) is 50.5 Å². The van der Waals surface area contributed by atoms with Crippen LogP contribution in [0, 0.1) is 0 Å². The van der Waals surface area contributed by atoms with Crippen molar-refractivity contribution in [3.63, 3.8) is 0 Å². The highest BCUT2D eigenvalue weighted by Crippen LogP contribution is 2.12. The number of ether oxygens (including phenoxy) is 4. The van der Waals surface area contributed by atoms with Gasteiger partial charge >= 0.3 is 5.97 Å². The van der Waals surface area contributed by atoms with E-state index in [0.29, 0.717) is 32.1 Å². The lowest BCUT2D eigenvalue weighted by molar-refractivity contribution is 0.00570. The van der Waals surface area contributed by atoms with E-state index in [4.69, 9.17) is 18.9 Å². The zero-order valence-electron chi connectivity index (χ0n) is 14.2. The molecule has 0 atom stereocenters. The average Bonchev–Trinajstić information content (AvgIpc) is 2.58. The minimum Gasteiger partial charge on any atom is -0.460 e. The van der Waals surface area contributed by atoms with Crippen LogP contribution in [-0.2, 0) is 33.3 Å². The minimum atomic E-state index is -3.65. The molecule has 1 N–H and O–H groups in total. The third-order valence-corrected chi connectivity index (χ3v) is 3.06. The van der Waals surface area contributed by atoms with Gasteiger partial charge in [-0.1, -0.05) is 6.07 Å². The van der Waals surface area contributed by atoms with Crippen molar-refractivity contribution in [2.75, 3.05) is 58.5 Å². The second kappa shape index (κ2) is 11.8. The Labute approximate surface area is 147 Å². The van der Waals surface area contributed by atoms with Crippen LogP contribution in [0.5, 0.6) is 0 Å². The van der Waals surface area contributed by atoms with Crippen molar-refractivity contribution >= 4 is 21.8 Å². The number of hydrogen-bond acceptors (Lipinski definition) is 9. The molecule has 0 fully saturated rings. The molecule has 0 saturated heterocycles. The molecule has 0 aliphatic rings. The van der Waals surface area contributed by atoms with E-state index >= 15 is 0 Å². The van der Waals surface area contributed by atoms with Crippen LogP contribution >= 0.6 is 0 Å². The van der Waals surface area contributed by atoms with Crippen LogP contribution in [-0.4, -0.2) is 67.4 Å². The summed E-state index contributed by atoms with van der Waals surface area (Å²) < 4.78 is 46.6. The van der Waals surface area contributed by atoms with E-state index in [1.54, 1.807) is 25.3 Å². The van der Waals surface area contributed by atoms with Crippen molar-refractivity contribution in [1.29, 1.82) is 0 Å². The zero-order valence-corrected chi connectivity index (χ0v) is 15.0. The Morgan fingerprint density at radius 2 is 1.68 bits per heavy atom. The summed E-state index contributed by atoms with van der Waals surface area (Å²) in [6.07, 6.45) is 0.904. The Hall–Kier alpha value is -1.72. The maximum Gasteiger partial charge on any atom is 0.338 e. The Morgan fingerprint density at radius 1 is 1.04 bits per heavy atom. The highest BCUT2D eigenvalue weighted by molar-refractivity contribution is 7.86. The first kappa shape index (κ1) is 21.3. The van der Waals surface area contributed by atoms with Gasteiger partial charge in [-0.15, -0.1) is 0 Å². The lowest BCUT2D eigenvalue weighted by atomic mass is 10.2. The first-order chi connectivity index (χ1) is 11.9. The van der Waals surface area contributed by atoms with Crippen LogP contribution in [0.2, 0.25) is 0 Å². The second-order valence-electron chi connectivity index (χ2n) is 4.82. The highest BCUT2D eigenvalue weighted by Gasteiger charge is 2.09. The number of benzene rings is 1. The van der Waals surface area contributed by atoms with Crippen LogP contribution in [0.3, 0.4) is 0 Å². The van der Waals surface area contributed by atoms with Gasteiger partial charge in [0.15, 0.2) is 0 Å². The van der Waals surface area contributed by atoms with E-state index in [2.05, 4.69) is 9.76 Å². The molecular weight excluding hydrogens is 354 g/mol. The molecule has 1 aromatic rings. The van der Waals surface area contributed by atoms with Crippen LogP contribution in [0.4, 0.5) is 5.69 Å². The number of carbonyl (C=O) groups is 1. The molecule has 10 heteroatoms. The van der Waals surface area contributed by atoms with E-state index in [0.717, 1.165) is 6.26 Å². The first-order valence-electron chi connectivity index (χ1n) is 7.48. The Kier molecular flexibility index (Phi) is 10.0. The summed E-state index contributed by atoms with van der Waals surface area (Å²) in [5.41, 5.74) is 2.81. The van der Waals surface area contributed by atoms with Gasteiger partial charge in [0.1, 0.15) is 6.61 Å². The van der Waals surface area contributed by atoms with E-state index in [1.807, 2.05) is 0 Å². The fourth-order valence-corrected chi connectivity index (χ4v) is 1.82. The molecule has 0 aliphatic heterocycles. The molecule has 142 valence electrons. The van der Waals surface area contributed by atoms with Gasteiger partial charge in [0.2, 0.25) is 0 Å². The lowest BCUT2D eigenvalue weighted by Crippen LogP contribution is -2.14. The monoisotopic (exact) mass is 377 g/mol. The smallest absolute Gasteiger partial charge is 0.338 e. The minimum absolute atomic E-state index is 0.0917. The molecule has 0 radical (unpaired) electrons. The zero-order chi connectivity index (χ0) is 18.5. The van der Waals surface area contributed by atoms with Crippen molar-refractivity contribution in [3.8, 4) is 0 Å². The number of carbonyl (C=O) groups excluding carboxylic acids is 1. The molecule has 0 saturated carbocycles. The summed E-state index contributed by atoms with van der Waals surface area (Å²) in [5, 5.41) is 0. The first-order valence-corrected chi connectivity index (χ1v) is 9.30. The molecule has 0 heterocycles. The summed E-state index contributed by atoms with van der Waals surface area (Å²) in [6.45, 7) is 2.20. The third kappa shape index (κ3) is 10.7. The van der Waals surface area contributed by atoms with Crippen LogP contribution in [0.1, 0.15) is 10.4 Å². The Balaban J connectivity index is 2.24. The lowest BCUT2D eigenvalue weighted by Gasteiger charge is -2.08. The molecule has 9 nitrogen and oxygen atoms in total. The molecule has 0 bridgehead atoms. The van der Waals surface area contributed by atoms with E-state index in [-0.39, 0.29) is 18.8 Å². The maximum atomic E-state index is 11.9. The standard InChI is InChI=1S/C15H23NO8S/c1-20-6-7-21-8-9-22-10-11-23-15(17)13-4-3-5-14(12-13)16-24-25(2,18)19/h3-5,12,16H,6-11H2,1-2H3. The van der Waals surface area contributed by atoms with E-state index in [9.17, 15) is 13.2 Å². The molecule has 0 aromatic heterocycles. The van der Waals surface area contributed by atoms with Crippen LogP contribution in [0.25, 0.3) is 0 Å². The van der Waals surface area contributed by atoms with Crippen LogP contribution < -0.4 is 5.48 Å². The summed E-state index contributed by atoms with van der Waals surface area (Å²) in [4.78, 5) is 11.9. The summed E-state index contributed by atoms with van der Waals surface area (Å²) >= 11 is 0. The van der Waals surface area contributed by atoms with Gasteiger partial charge in [0, 0.05) is 7.11 Å². The van der Waals surface area contributed by atoms with Gasteiger partial charge in [-0.3, -0.25) is 0 Å². The number of nitrogens with one attached hydrogen (secondary N) is 1. The van der Waals surface area contributed by atoms with Crippen molar-refractivity contribution in [2.24, 2.45) is 0 Å². The quantitative estimate of drug-likeness (QED) is 0.303. The molecule has 0 aliphatic carbocycles. The van der Waals surface area contributed by atoms with Gasteiger partial charge in [-0.05, 0) is 18.2 Å². The average molecular weight is 377 g/mol.